The van der Waals surface area contributed by atoms with E-state index < -0.39 is 5.41 Å². The van der Waals surface area contributed by atoms with Gasteiger partial charge in [-0.15, -0.1) is 0 Å². The summed E-state index contributed by atoms with van der Waals surface area (Å²) in [4.78, 5) is 25.0. The lowest BCUT2D eigenvalue weighted by atomic mass is 9.90. The summed E-state index contributed by atoms with van der Waals surface area (Å²) in [6.45, 7) is 12.1. The van der Waals surface area contributed by atoms with Crippen LogP contribution < -0.4 is 10.6 Å². The van der Waals surface area contributed by atoms with E-state index in [0.717, 1.165) is 29.7 Å². The van der Waals surface area contributed by atoms with Crippen LogP contribution in [-0.4, -0.2) is 18.4 Å². The van der Waals surface area contributed by atoms with Crippen LogP contribution in [0.15, 0.2) is 18.2 Å². The van der Waals surface area contributed by atoms with Crippen molar-refractivity contribution < 1.29 is 9.59 Å². The molecule has 0 atom stereocenters. The Morgan fingerprint density at radius 1 is 1.17 bits per heavy atom. The number of hydrogen-bond acceptors (Lipinski definition) is 2. The Kier molecular flexibility index (Phi) is 6.79. The average molecular weight is 318 g/mol. The van der Waals surface area contributed by atoms with Gasteiger partial charge < -0.3 is 10.6 Å². The number of carbonyl (C=O) groups excluding carboxylic acids is 2. The molecule has 1 rings (SSSR count). The van der Waals surface area contributed by atoms with E-state index in [1.54, 1.807) is 13.8 Å². The van der Waals surface area contributed by atoms with Gasteiger partial charge in [0.15, 0.2) is 0 Å². The second-order valence-corrected chi connectivity index (χ2v) is 6.88. The van der Waals surface area contributed by atoms with Crippen LogP contribution in [0.4, 0.5) is 5.69 Å². The molecule has 0 aliphatic heterocycles. The molecule has 0 spiro atoms. The van der Waals surface area contributed by atoms with Gasteiger partial charge in [-0.05, 0) is 44.2 Å². The first-order valence-corrected chi connectivity index (χ1v) is 8.41. The van der Waals surface area contributed by atoms with Crippen molar-refractivity contribution in [1.82, 2.24) is 5.32 Å². The lowest BCUT2D eigenvalue weighted by molar-refractivity contribution is -0.138. The summed E-state index contributed by atoms with van der Waals surface area (Å²) in [6, 6.07) is 5.97. The summed E-state index contributed by atoms with van der Waals surface area (Å²) in [6.07, 6.45) is 1.92. The molecule has 0 unspecified atom stereocenters. The molecule has 4 nitrogen and oxygen atoms in total. The number of anilines is 1. The van der Waals surface area contributed by atoms with Crippen molar-refractivity contribution >= 4 is 17.5 Å². The van der Waals surface area contributed by atoms with Gasteiger partial charge in [-0.2, -0.15) is 0 Å². The van der Waals surface area contributed by atoms with E-state index in [9.17, 15) is 9.59 Å². The van der Waals surface area contributed by atoms with Gasteiger partial charge in [0.2, 0.25) is 11.8 Å². The van der Waals surface area contributed by atoms with E-state index in [0.29, 0.717) is 12.5 Å². The highest BCUT2D eigenvalue weighted by Crippen LogP contribution is 2.29. The fourth-order valence-corrected chi connectivity index (χ4v) is 2.31. The van der Waals surface area contributed by atoms with Crippen LogP contribution in [-0.2, 0) is 9.59 Å². The van der Waals surface area contributed by atoms with E-state index in [2.05, 4.69) is 31.4 Å². The molecule has 23 heavy (non-hydrogen) atoms. The van der Waals surface area contributed by atoms with Crippen LogP contribution in [0.3, 0.4) is 0 Å². The molecule has 0 aliphatic carbocycles. The molecule has 0 aromatic heterocycles. The molecular weight excluding hydrogens is 288 g/mol. The highest BCUT2D eigenvalue weighted by atomic mass is 16.2. The minimum Gasteiger partial charge on any atom is -0.355 e. The third kappa shape index (κ3) is 4.81. The molecule has 0 fully saturated rings. The first kappa shape index (κ1) is 19.2. The lowest BCUT2D eigenvalue weighted by Gasteiger charge is -2.25. The van der Waals surface area contributed by atoms with Gasteiger partial charge in [0.25, 0.3) is 0 Å². The number of rotatable bonds is 7. The van der Waals surface area contributed by atoms with Gasteiger partial charge >= 0.3 is 0 Å². The molecule has 4 heteroatoms. The quantitative estimate of drug-likeness (QED) is 0.590. The van der Waals surface area contributed by atoms with E-state index >= 15 is 0 Å². The van der Waals surface area contributed by atoms with Gasteiger partial charge in [0.1, 0.15) is 5.41 Å². The molecule has 0 saturated heterocycles. The first-order valence-electron chi connectivity index (χ1n) is 8.41. The standard InChI is InChI=1S/C19H30N2O2/c1-7-8-12-20-17(22)19(5,6)18(23)21-16-14(4)10-9-11-15(16)13(2)3/h9-11,13H,7-8,12H2,1-6H3,(H,20,22)(H,21,23). The fourth-order valence-electron chi connectivity index (χ4n) is 2.31. The Hall–Kier alpha value is -1.84. The molecule has 1 aromatic rings. The van der Waals surface area contributed by atoms with Crippen LogP contribution in [0.5, 0.6) is 0 Å². The monoisotopic (exact) mass is 318 g/mol. The maximum absolute atomic E-state index is 12.7. The molecule has 0 aliphatic rings. The van der Waals surface area contributed by atoms with E-state index in [4.69, 9.17) is 0 Å². The number of amides is 2. The van der Waals surface area contributed by atoms with Crippen LogP contribution in [0.1, 0.15) is 64.5 Å². The maximum Gasteiger partial charge on any atom is 0.239 e. The predicted molar refractivity (Wildman–Crippen MR) is 95.6 cm³/mol. The van der Waals surface area contributed by atoms with Gasteiger partial charge in [-0.25, -0.2) is 0 Å². The minimum atomic E-state index is -1.11. The summed E-state index contributed by atoms with van der Waals surface area (Å²) in [7, 11) is 0. The zero-order valence-electron chi connectivity index (χ0n) is 15.2. The maximum atomic E-state index is 12.7. The average Bonchev–Trinajstić information content (AvgIpc) is 2.48. The van der Waals surface area contributed by atoms with Crippen LogP contribution in [0.2, 0.25) is 0 Å². The summed E-state index contributed by atoms with van der Waals surface area (Å²) in [5.41, 5.74) is 1.80. The Morgan fingerprint density at radius 3 is 2.39 bits per heavy atom. The van der Waals surface area contributed by atoms with Gasteiger partial charge in [-0.1, -0.05) is 45.4 Å². The minimum absolute atomic E-state index is 0.233. The predicted octanol–water partition coefficient (Wildman–Crippen LogP) is 4.00. The van der Waals surface area contributed by atoms with Crippen molar-refractivity contribution in [3.05, 3.63) is 29.3 Å². The largest absolute Gasteiger partial charge is 0.355 e. The third-order valence-corrected chi connectivity index (χ3v) is 4.12. The van der Waals surface area contributed by atoms with Crippen molar-refractivity contribution in [2.45, 2.75) is 60.3 Å². The summed E-state index contributed by atoms with van der Waals surface area (Å²) < 4.78 is 0. The summed E-state index contributed by atoms with van der Waals surface area (Å²) in [5, 5.41) is 5.81. The van der Waals surface area contributed by atoms with Crippen LogP contribution in [0.25, 0.3) is 0 Å². The Bertz CT molecular complexity index is 562. The SMILES string of the molecule is CCCCNC(=O)C(C)(C)C(=O)Nc1c(C)cccc1C(C)C. The van der Waals surface area contributed by atoms with Gasteiger partial charge in [0.05, 0.1) is 0 Å². The van der Waals surface area contributed by atoms with Crippen molar-refractivity contribution in [3.8, 4) is 0 Å². The first-order chi connectivity index (χ1) is 10.7. The number of para-hydroxylation sites is 1. The van der Waals surface area contributed by atoms with Crippen LogP contribution >= 0.6 is 0 Å². The van der Waals surface area contributed by atoms with Crippen molar-refractivity contribution in [3.63, 3.8) is 0 Å². The number of aryl methyl sites for hydroxylation is 1. The molecular formula is C19H30N2O2. The number of unbranched alkanes of at least 4 members (excludes halogenated alkanes) is 1. The molecule has 0 radical (unpaired) electrons. The molecule has 2 amide bonds. The van der Waals surface area contributed by atoms with E-state index in [-0.39, 0.29) is 11.8 Å². The normalized spacial score (nSPS) is 11.4. The van der Waals surface area contributed by atoms with Crippen molar-refractivity contribution in [2.75, 3.05) is 11.9 Å². The Balaban J connectivity index is 2.92. The highest BCUT2D eigenvalue weighted by Gasteiger charge is 2.36. The van der Waals surface area contributed by atoms with Crippen LogP contribution in [0, 0.1) is 12.3 Å². The highest BCUT2D eigenvalue weighted by molar-refractivity contribution is 6.10. The van der Waals surface area contributed by atoms with Crippen molar-refractivity contribution in [1.29, 1.82) is 0 Å². The van der Waals surface area contributed by atoms with Gasteiger partial charge in [-0.3, -0.25) is 9.59 Å². The number of benzene rings is 1. The summed E-state index contributed by atoms with van der Waals surface area (Å²) >= 11 is 0. The number of nitrogens with one attached hydrogen (secondary N) is 2. The number of hydrogen-bond donors (Lipinski definition) is 2. The van der Waals surface area contributed by atoms with E-state index in [1.165, 1.54) is 0 Å². The second kappa shape index (κ2) is 8.14. The third-order valence-electron chi connectivity index (χ3n) is 4.12. The van der Waals surface area contributed by atoms with Gasteiger partial charge in [0, 0.05) is 12.2 Å². The molecule has 0 bridgehead atoms. The molecule has 1 aromatic carbocycles. The molecule has 0 saturated carbocycles. The van der Waals surface area contributed by atoms with E-state index in [1.807, 2.05) is 25.1 Å². The Morgan fingerprint density at radius 2 is 1.83 bits per heavy atom. The zero-order valence-corrected chi connectivity index (χ0v) is 15.2. The zero-order chi connectivity index (χ0) is 17.6. The second-order valence-electron chi connectivity index (χ2n) is 6.88. The van der Waals surface area contributed by atoms with Crippen molar-refractivity contribution in [2.24, 2.45) is 5.41 Å². The lowest BCUT2D eigenvalue weighted by Crippen LogP contribution is -2.45. The molecule has 2 N–H and O–H groups in total. The summed E-state index contributed by atoms with van der Waals surface area (Å²) in [5.74, 6) is -0.211. The smallest absolute Gasteiger partial charge is 0.239 e. The fraction of sp³-hybridized carbons (Fsp3) is 0.579. The topological polar surface area (TPSA) is 58.2 Å². The molecule has 0 heterocycles. The molecule has 128 valence electrons. The Labute approximate surface area is 140 Å². The number of carbonyl (C=O) groups is 2.